The van der Waals surface area contributed by atoms with Gasteiger partial charge in [-0.1, -0.05) is 54.9 Å². The highest BCUT2D eigenvalue weighted by molar-refractivity contribution is 7.99. The molecule has 0 aliphatic heterocycles. The molecule has 0 fully saturated rings. The summed E-state index contributed by atoms with van der Waals surface area (Å²) in [4.78, 5) is 27.1. The fraction of sp³-hybridized carbons (Fsp3) is 0.391. The van der Waals surface area contributed by atoms with E-state index in [9.17, 15) is 14.0 Å². The molecule has 4 nitrogen and oxygen atoms in total. The SMILES string of the molecule is CCC(C)NC(=O)C(C)N(Cc1ccccc1F)C(=O)CSCc1ccccc1Cl. The zero-order valence-electron chi connectivity index (χ0n) is 17.5. The zero-order valence-corrected chi connectivity index (χ0v) is 19.1. The van der Waals surface area contributed by atoms with Gasteiger partial charge in [-0.15, -0.1) is 11.8 Å². The Morgan fingerprint density at radius 2 is 1.73 bits per heavy atom. The van der Waals surface area contributed by atoms with E-state index in [-0.39, 0.29) is 30.2 Å². The lowest BCUT2D eigenvalue weighted by molar-refractivity contribution is -0.139. The maximum Gasteiger partial charge on any atom is 0.242 e. The van der Waals surface area contributed by atoms with Crippen molar-refractivity contribution in [2.24, 2.45) is 0 Å². The van der Waals surface area contributed by atoms with E-state index in [1.54, 1.807) is 25.1 Å². The van der Waals surface area contributed by atoms with Crippen molar-refractivity contribution in [3.63, 3.8) is 0 Å². The molecule has 2 atom stereocenters. The van der Waals surface area contributed by atoms with Crippen LogP contribution in [-0.4, -0.2) is 34.6 Å². The molecule has 0 aromatic heterocycles. The van der Waals surface area contributed by atoms with E-state index >= 15 is 0 Å². The van der Waals surface area contributed by atoms with Crippen LogP contribution in [-0.2, 0) is 21.9 Å². The van der Waals surface area contributed by atoms with Gasteiger partial charge < -0.3 is 10.2 Å². The lowest BCUT2D eigenvalue weighted by Crippen LogP contribution is -2.50. The van der Waals surface area contributed by atoms with E-state index < -0.39 is 11.9 Å². The molecule has 0 aliphatic rings. The minimum absolute atomic E-state index is 0.0000362. The summed E-state index contributed by atoms with van der Waals surface area (Å²) in [5.41, 5.74) is 1.32. The Morgan fingerprint density at radius 3 is 2.37 bits per heavy atom. The number of halogens is 2. The van der Waals surface area contributed by atoms with Gasteiger partial charge in [-0.2, -0.15) is 0 Å². The minimum atomic E-state index is -0.716. The van der Waals surface area contributed by atoms with Crippen molar-refractivity contribution < 1.29 is 14.0 Å². The molecule has 0 heterocycles. The number of carbonyl (C=O) groups is 2. The van der Waals surface area contributed by atoms with E-state index in [4.69, 9.17) is 11.6 Å². The van der Waals surface area contributed by atoms with E-state index in [1.807, 2.05) is 38.1 Å². The molecular weight excluding hydrogens is 423 g/mol. The number of nitrogens with zero attached hydrogens (tertiary/aromatic N) is 1. The first-order valence-electron chi connectivity index (χ1n) is 9.97. The number of amides is 2. The van der Waals surface area contributed by atoms with Crippen molar-refractivity contribution in [2.75, 3.05) is 5.75 Å². The third-order valence-corrected chi connectivity index (χ3v) is 6.24. The first-order chi connectivity index (χ1) is 14.3. The molecule has 0 spiro atoms. The van der Waals surface area contributed by atoms with Crippen molar-refractivity contribution in [3.8, 4) is 0 Å². The fourth-order valence-corrected chi connectivity index (χ4v) is 4.00. The molecule has 2 unspecified atom stereocenters. The molecule has 2 aromatic carbocycles. The first kappa shape index (κ1) is 24.2. The van der Waals surface area contributed by atoms with Crippen LogP contribution in [0.1, 0.15) is 38.3 Å². The molecule has 0 bridgehead atoms. The largest absolute Gasteiger partial charge is 0.352 e. The lowest BCUT2D eigenvalue weighted by Gasteiger charge is -2.29. The van der Waals surface area contributed by atoms with Gasteiger partial charge in [0, 0.05) is 28.9 Å². The van der Waals surface area contributed by atoms with Crippen LogP contribution in [0.5, 0.6) is 0 Å². The van der Waals surface area contributed by atoms with Crippen LogP contribution >= 0.6 is 23.4 Å². The number of rotatable bonds is 10. The van der Waals surface area contributed by atoms with Crippen molar-refractivity contribution in [1.82, 2.24) is 10.2 Å². The Labute approximate surface area is 187 Å². The highest BCUT2D eigenvalue weighted by atomic mass is 35.5. The highest BCUT2D eigenvalue weighted by Crippen LogP contribution is 2.22. The van der Waals surface area contributed by atoms with Crippen LogP contribution in [0.3, 0.4) is 0 Å². The number of thioether (sulfide) groups is 1. The van der Waals surface area contributed by atoms with Crippen LogP contribution in [0.2, 0.25) is 5.02 Å². The van der Waals surface area contributed by atoms with Gasteiger partial charge in [-0.05, 0) is 38.0 Å². The molecule has 30 heavy (non-hydrogen) atoms. The Bertz CT molecular complexity index is 865. The van der Waals surface area contributed by atoms with Crippen molar-refractivity contribution in [2.45, 2.75) is 51.6 Å². The second-order valence-corrected chi connectivity index (χ2v) is 8.58. The molecule has 2 rings (SSSR count). The highest BCUT2D eigenvalue weighted by Gasteiger charge is 2.27. The lowest BCUT2D eigenvalue weighted by atomic mass is 10.1. The average Bonchev–Trinajstić information content (AvgIpc) is 2.73. The number of carbonyl (C=O) groups excluding carboxylic acids is 2. The summed E-state index contributed by atoms with van der Waals surface area (Å²) in [5.74, 6) is -0.117. The van der Waals surface area contributed by atoms with Crippen LogP contribution in [0.4, 0.5) is 4.39 Å². The van der Waals surface area contributed by atoms with Gasteiger partial charge in [0.25, 0.3) is 0 Å². The molecule has 0 saturated heterocycles. The number of benzene rings is 2. The first-order valence-corrected chi connectivity index (χ1v) is 11.5. The van der Waals surface area contributed by atoms with Gasteiger partial charge in [0.15, 0.2) is 0 Å². The summed E-state index contributed by atoms with van der Waals surface area (Å²) in [6.45, 7) is 5.60. The Balaban J connectivity index is 2.10. The Morgan fingerprint density at radius 1 is 1.10 bits per heavy atom. The second kappa shape index (κ2) is 12.0. The summed E-state index contributed by atoms with van der Waals surface area (Å²) in [6, 6.07) is 13.1. The van der Waals surface area contributed by atoms with Gasteiger partial charge in [0.2, 0.25) is 11.8 Å². The maximum atomic E-state index is 14.2. The van der Waals surface area contributed by atoms with E-state index in [0.29, 0.717) is 16.3 Å². The van der Waals surface area contributed by atoms with Gasteiger partial charge in [0.1, 0.15) is 11.9 Å². The van der Waals surface area contributed by atoms with Gasteiger partial charge in [0.05, 0.1) is 5.75 Å². The monoisotopic (exact) mass is 450 g/mol. The third-order valence-electron chi connectivity index (χ3n) is 4.91. The maximum absolute atomic E-state index is 14.2. The third kappa shape index (κ3) is 7.03. The summed E-state index contributed by atoms with van der Waals surface area (Å²) in [7, 11) is 0. The summed E-state index contributed by atoms with van der Waals surface area (Å²) >= 11 is 7.60. The van der Waals surface area contributed by atoms with Crippen molar-refractivity contribution >= 4 is 35.2 Å². The molecular formula is C23H28ClFN2O2S. The second-order valence-electron chi connectivity index (χ2n) is 7.19. The van der Waals surface area contributed by atoms with Crippen LogP contribution in [0.25, 0.3) is 0 Å². The topological polar surface area (TPSA) is 49.4 Å². The summed E-state index contributed by atoms with van der Waals surface area (Å²) < 4.78 is 14.2. The molecule has 2 aromatic rings. The fourth-order valence-electron chi connectivity index (χ4n) is 2.80. The smallest absolute Gasteiger partial charge is 0.242 e. The van der Waals surface area contributed by atoms with Gasteiger partial charge in [-0.3, -0.25) is 9.59 Å². The number of hydrogen-bond acceptors (Lipinski definition) is 3. The molecule has 0 aliphatic carbocycles. The molecule has 2 amide bonds. The minimum Gasteiger partial charge on any atom is -0.352 e. The normalized spacial score (nSPS) is 12.8. The van der Waals surface area contributed by atoms with Crippen LogP contribution in [0, 0.1) is 5.82 Å². The number of hydrogen-bond donors (Lipinski definition) is 1. The predicted octanol–water partition coefficient (Wildman–Crippen LogP) is 5.04. The molecule has 1 N–H and O–H groups in total. The van der Waals surface area contributed by atoms with Crippen LogP contribution in [0.15, 0.2) is 48.5 Å². The van der Waals surface area contributed by atoms with E-state index in [2.05, 4.69) is 5.32 Å². The summed E-state index contributed by atoms with van der Waals surface area (Å²) in [6.07, 6.45) is 0.785. The quantitative estimate of drug-likeness (QED) is 0.551. The standard InChI is InChI=1S/C23H28ClFN2O2S/c1-4-16(2)26-23(29)17(3)27(13-18-9-6-8-12-21(18)25)22(28)15-30-14-19-10-5-7-11-20(19)24/h5-12,16-17H,4,13-15H2,1-3H3,(H,26,29). The molecule has 0 saturated carbocycles. The van der Waals surface area contributed by atoms with E-state index in [1.165, 1.54) is 22.7 Å². The molecule has 162 valence electrons. The Kier molecular flexibility index (Phi) is 9.66. The average molecular weight is 451 g/mol. The predicted molar refractivity (Wildman–Crippen MR) is 122 cm³/mol. The molecule has 0 radical (unpaired) electrons. The number of nitrogens with one attached hydrogen (secondary N) is 1. The Hall–Kier alpha value is -2.05. The molecule has 7 heteroatoms. The van der Waals surface area contributed by atoms with Crippen molar-refractivity contribution in [3.05, 3.63) is 70.5 Å². The van der Waals surface area contributed by atoms with E-state index in [0.717, 1.165) is 12.0 Å². The van der Waals surface area contributed by atoms with Crippen LogP contribution < -0.4 is 5.32 Å². The van der Waals surface area contributed by atoms with Gasteiger partial charge >= 0.3 is 0 Å². The van der Waals surface area contributed by atoms with Crippen molar-refractivity contribution in [1.29, 1.82) is 0 Å². The zero-order chi connectivity index (χ0) is 22.1. The van der Waals surface area contributed by atoms with Gasteiger partial charge in [-0.25, -0.2) is 4.39 Å². The summed E-state index contributed by atoms with van der Waals surface area (Å²) in [5, 5.41) is 3.56.